The van der Waals surface area contributed by atoms with Gasteiger partial charge in [-0.2, -0.15) is 0 Å². The van der Waals surface area contributed by atoms with Crippen molar-refractivity contribution in [3.8, 4) is 11.5 Å². The lowest BCUT2D eigenvalue weighted by molar-refractivity contribution is -0.139. The molecule has 0 unspecified atom stereocenters. The molecule has 0 bridgehead atoms. The number of fused-ring (bicyclic) bond motifs is 1. The summed E-state index contributed by atoms with van der Waals surface area (Å²) >= 11 is 0. The number of ether oxygens (including phenoxy) is 2. The van der Waals surface area contributed by atoms with Crippen LogP contribution in [-0.4, -0.2) is 57.0 Å². The Hall–Kier alpha value is -4.05. The molecule has 1 atom stereocenters. The molecule has 0 radical (unpaired) electrons. The van der Waals surface area contributed by atoms with Crippen molar-refractivity contribution >= 4 is 27.5 Å². The molecule has 0 fully saturated rings. The molecule has 10 heteroatoms. The molecule has 1 aliphatic heterocycles. The van der Waals surface area contributed by atoms with E-state index in [1.807, 2.05) is 45.0 Å². The summed E-state index contributed by atoms with van der Waals surface area (Å²) in [6.07, 6.45) is 0. The minimum absolute atomic E-state index is 0.0355. The van der Waals surface area contributed by atoms with E-state index >= 15 is 0 Å². The largest absolute Gasteiger partial charge is 0.486 e. The zero-order chi connectivity index (χ0) is 28.9. The van der Waals surface area contributed by atoms with Crippen molar-refractivity contribution < 1.29 is 27.5 Å². The van der Waals surface area contributed by atoms with E-state index in [-0.39, 0.29) is 29.1 Å². The summed E-state index contributed by atoms with van der Waals surface area (Å²) in [6.45, 7) is 7.61. The summed E-state index contributed by atoms with van der Waals surface area (Å²) in [5, 5.41) is 2.85. The van der Waals surface area contributed by atoms with E-state index in [9.17, 15) is 18.0 Å². The van der Waals surface area contributed by atoms with Crippen LogP contribution in [0.5, 0.6) is 11.5 Å². The van der Waals surface area contributed by atoms with Gasteiger partial charge >= 0.3 is 0 Å². The lowest BCUT2D eigenvalue weighted by Crippen LogP contribution is -2.52. The Morgan fingerprint density at radius 2 is 1.55 bits per heavy atom. The molecule has 9 nitrogen and oxygen atoms in total. The number of hydrogen-bond acceptors (Lipinski definition) is 6. The molecule has 3 aromatic carbocycles. The predicted molar refractivity (Wildman–Crippen MR) is 153 cm³/mol. The van der Waals surface area contributed by atoms with Gasteiger partial charge in [-0.15, -0.1) is 0 Å². The highest BCUT2D eigenvalue weighted by atomic mass is 32.2. The summed E-state index contributed by atoms with van der Waals surface area (Å²) < 4.78 is 40.2. The quantitative estimate of drug-likeness (QED) is 0.400. The second-order valence-electron chi connectivity index (χ2n) is 10.00. The fourth-order valence-corrected chi connectivity index (χ4v) is 5.74. The predicted octanol–water partition coefficient (Wildman–Crippen LogP) is 3.90. The Bertz CT molecular complexity index is 1440. The zero-order valence-electron chi connectivity index (χ0n) is 23.2. The molecule has 1 heterocycles. The first kappa shape index (κ1) is 28.9. The number of sulfonamides is 1. The monoisotopic (exact) mass is 565 g/mol. The summed E-state index contributed by atoms with van der Waals surface area (Å²) in [5.74, 6) is 0.0395. The standard InChI is InChI=1S/C30H35N3O6S/c1-21(2)31-30(35)23(4)32(19-24-12-10-22(3)11-13-24)29(34)20-33(40(36,37)26-8-6-5-7-9-26)25-14-15-27-28(18-25)39-17-16-38-27/h5-15,18,21,23H,16-17,19-20H2,1-4H3,(H,31,35)/t23-/m0/s1. The highest BCUT2D eigenvalue weighted by Gasteiger charge is 2.33. The number of benzene rings is 3. The van der Waals surface area contributed by atoms with E-state index in [0.29, 0.717) is 24.7 Å². The smallest absolute Gasteiger partial charge is 0.264 e. The Kier molecular flexibility index (Phi) is 8.99. The maximum atomic E-state index is 14.0. The van der Waals surface area contributed by atoms with Crippen LogP contribution in [0.2, 0.25) is 0 Å². The minimum atomic E-state index is -4.16. The lowest BCUT2D eigenvalue weighted by Gasteiger charge is -2.32. The van der Waals surface area contributed by atoms with Crippen molar-refractivity contribution in [1.82, 2.24) is 10.2 Å². The van der Waals surface area contributed by atoms with Crippen LogP contribution in [0.3, 0.4) is 0 Å². The third-order valence-electron chi connectivity index (χ3n) is 6.50. The van der Waals surface area contributed by atoms with Crippen LogP contribution in [0.15, 0.2) is 77.7 Å². The first-order chi connectivity index (χ1) is 19.1. The van der Waals surface area contributed by atoms with Gasteiger partial charge in [-0.3, -0.25) is 13.9 Å². The van der Waals surface area contributed by atoms with Crippen LogP contribution in [-0.2, 0) is 26.2 Å². The third-order valence-corrected chi connectivity index (χ3v) is 8.28. The van der Waals surface area contributed by atoms with Gasteiger partial charge in [0, 0.05) is 18.7 Å². The first-order valence-corrected chi connectivity index (χ1v) is 14.6. The Balaban J connectivity index is 1.73. The fourth-order valence-electron chi connectivity index (χ4n) is 4.31. The SMILES string of the molecule is Cc1ccc(CN(C(=O)CN(c2ccc3c(c2)OCCO3)S(=O)(=O)c2ccccc2)[C@@H](C)C(=O)NC(C)C)cc1. The Labute approximate surface area is 235 Å². The van der Waals surface area contributed by atoms with E-state index in [0.717, 1.165) is 15.4 Å². The number of nitrogens with zero attached hydrogens (tertiary/aromatic N) is 2. The number of carbonyl (C=O) groups is 2. The van der Waals surface area contributed by atoms with Gasteiger partial charge in [0.1, 0.15) is 25.8 Å². The normalized spacial score (nSPS) is 13.4. The minimum Gasteiger partial charge on any atom is -0.486 e. The van der Waals surface area contributed by atoms with Crippen molar-refractivity contribution in [3.05, 3.63) is 83.9 Å². The molecule has 3 aromatic rings. The second-order valence-corrected chi connectivity index (χ2v) is 11.9. The van der Waals surface area contributed by atoms with Gasteiger partial charge in [0.2, 0.25) is 11.8 Å². The van der Waals surface area contributed by atoms with Gasteiger partial charge < -0.3 is 19.7 Å². The van der Waals surface area contributed by atoms with Crippen molar-refractivity contribution in [2.45, 2.75) is 51.2 Å². The Morgan fingerprint density at radius 1 is 0.900 bits per heavy atom. The molecule has 1 aliphatic rings. The average Bonchev–Trinajstić information content (AvgIpc) is 2.95. The number of anilines is 1. The number of amides is 2. The molecular weight excluding hydrogens is 530 g/mol. The topological polar surface area (TPSA) is 105 Å². The number of rotatable bonds is 10. The van der Waals surface area contributed by atoms with E-state index < -0.39 is 28.5 Å². The summed E-state index contributed by atoms with van der Waals surface area (Å²) in [6, 6.07) is 19.4. The molecule has 0 aliphatic carbocycles. The summed E-state index contributed by atoms with van der Waals surface area (Å²) in [4.78, 5) is 28.4. The Morgan fingerprint density at radius 3 is 2.20 bits per heavy atom. The maximum Gasteiger partial charge on any atom is 0.264 e. The lowest BCUT2D eigenvalue weighted by atomic mass is 10.1. The molecule has 0 aromatic heterocycles. The summed E-state index contributed by atoms with van der Waals surface area (Å²) in [7, 11) is -4.16. The van der Waals surface area contributed by atoms with Crippen LogP contribution in [0.25, 0.3) is 0 Å². The number of aryl methyl sites for hydroxylation is 1. The molecule has 4 rings (SSSR count). The van der Waals surface area contributed by atoms with Crippen LogP contribution < -0.4 is 19.1 Å². The van der Waals surface area contributed by atoms with Gasteiger partial charge in [-0.05, 0) is 57.5 Å². The van der Waals surface area contributed by atoms with Crippen molar-refractivity contribution in [3.63, 3.8) is 0 Å². The second kappa shape index (κ2) is 12.4. The molecule has 1 N–H and O–H groups in total. The molecule has 40 heavy (non-hydrogen) atoms. The average molecular weight is 566 g/mol. The van der Waals surface area contributed by atoms with E-state index in [1.165, 1.54) is 17.0 Å². The first-order valence-electron chi connectivity index (χ1n) is 13.2. The molecular formula is C30H35N3O6S. The number of hydrogen-bond donors (Lipinski definition) is 1. The van der Waals surface area contributed by atoms with E-state index in [4.69, 9.17) is 9.47 Å². The fraction of sp³-hybridized carbons (Fsp3) is 0.333. The van der Waals surface area contributed by atoms with Gasteiger partial charge in [-0.25, -0.2) is 8.42 Å². The highest BCUT2D eigenvalue weighted by molar-refractivity contribution is 7.92. The molecule has 0 saturated carbocycles. The third kappa shape index (κ3) is 6.74. The van der Waals surface area contributed by atoms with E-state index in [1.54, 1.807) is 43.3 Å². The van der Waals surface area contributed by atoms with Crippen molar-refractivity contribution in [2.24, 2.45) is 0 Å². The van der Waals surface area contributed by atoms with Crippen LogP contribution >= 0.6 is 0 Å². The van der Waals surface area contributed by atoms with Crippen molar-refractivity contribution in [1.29, 1.82) is 0 Å². The van der Waals surface area contributed by atoms with Crippen LogP contribution in [0.1, 0.15) is 31.9 Å². The zero-order valence-corrected chi connectivity index (χ0v) is 24.0. The van der Waals surface area contributed by atoms with Gasteiger partial charge in [0.15, 0.2) is 11.5 Å². The van der Waals surface area contributed by atoms with Crippen LogP contribution in [0, 0.1) is 6.92 Å². The molecule has 0 saturated heterocycles. The van der Waals surface area contributed by atoms with Crippen LogP contribution in [0.4, 0.5) is 5.69 Å². The van der Waals surface area contributed by atoms with Crippen molar-refractivity contribution in [2.75, 3.05) is 24.1 Å². The number of nitrogens with one attached hydrogen (secondary N) is 1. The maximum absolute atomic E-state index is 14.0. The van der Waals surface area contributed by atoms with Gasteiger partial charge in [-0.1, -0.05) is 48.0 Å². The number of carbonyl (C=O) groups excluding carboxylic acids is 2. The molecule has 212 valence electrons. The molecule has 2 amide bonds. The molecule has 0 spiro atoms. The van der Waals surface area contributed by atoms with E-state index in [2.05, 4.69) is 5.32 Å². The highest BCUT2D eigenvalue weighted by Crippen LogP contribution is 2.36. The van der Waals surface area contributed by atoms with Gasteiger partial charge in [0.25, 0.3) is 10.0 Å². The van der Waals surface area contributed by atoms with Gasteiger partial charge in [0.05, 0.1) is 10.6 Å². The summed E-state index contributed by atoms with van der Waals surface area (Å²) in [5.41, 5.74) is 2.13.